The van der Waals surface area contributed by atoms with Gasteiger partial charge >= 0.3 is 0 Å². The molecular weight excluding hydrogens is 490 g/mol. The van der Waals surface area contributed by atoms with E-state index in [9.17, 15) is 16.8 Å². The van der Waals surface area contributed by atoms with Gasteiger partial charge < -0.3 is 9.47 Å². The van der Waals surface area contributed by atoms with E-state index in [2.05, 4.69) is 4.90 Å². The van der Waals surface area contributed by atoms with Crippen molar-refractivity contribution in [3.8, 4) is 17.6 Å². The average molecular weight is 520 g/mol. The third kappa shape index (κ3) is 5.16. The Bertz CT molecular complexity index is 1310. The number of nitrogens with zero attached hydrogens (tertiary/aromatic N) is 3. The molecule has 0 aliphatic carbocycles. The SMILES string of the molecule is COc1ccc(S(=O)(=O)N2CC3CCC(C2)N3CCCS(=O)(=O)c2ccc(C#N)cc2)cc1OC. The van der Waals surface area contributed by atoms with E-state index in [1.807, 2.05) is 6.07 Å². The van der Waals surface area contributed by atoms with E-state index in [0.717, 1.165) is 12.8 Å². The molecule has 188 valence electrons. The second kappa shape index (κ2) is 10.1. The predicted octanol–water partition coefficient (Wildman–Crippen LogP) is 2.28. The topological polar surface area (TPSA) is 117 Å². The number of hydrogen-bond acceptors (Lipinski definition) is 8. The Morgan fingerprint density at radius 2 is 1.51 bits per heavy atom. The first kappa shape index (κ1) is 25.4. The van der Waals surface area contributed by atoms with E-state index in [0.29, 0.717) is 43.1 Å². The van der Waals surface area contributed by atoms with Gasteiger partial charge in [0.25, 0.3) is 0 Å². The fourth-order valence-electron chi connectivity index (χ4n) is 4.93. The molecule has 0 spiro atoms. The summed E-state index contributed by atoms with van der Waals surface area (Å²) < 4.78 is 64.1. The van der Waals surface area contributed by atoms with Crippen LogP contribution in [0.5, 0.6) is 11.5 Å². The van der Waals surface area contributed by atoms with Crippen LogP contribution >= 0.6 is 0 Å². The molecule has 4 rings (SSSR count). The standard InChI is InChI=1S/C24H29N3O6S2/c1-32-23-11-10-22(14-24(23)33-2)35(30,31)26-16-19-6-7-20(17-26)27(19)12-3-13-34(28,29)21-8-4-18(15-25)5-9-21/h4-5,8-11,14,19-20H,3,6-7,12-13,16-17H2,1-2H3. The molecule has 2 bridgehead atoms. The molecule has 2 aromatic rings. The van der Waals surface area contributed by atoms with Crippen molar-refractivity contribution in [1.82, 2.24) is 9.21 Å². The first-order valence-corrected chi connectivity index (χ1v) is 14.5. The molecule has 9 nitrogen and oxygen atoms in total. The summed E-state index contributed by atoms with van der Waals surface area (Å²) in [5.41, 5.74) is 0.418. The fourth-order valence-corrected chi connectivity index (χ4v) is 7.76. The van der Waals surface area contributed by atoms with Crippen molar-refractivity contribution in [2.24, 2.45) is 0 Å². The van der Waals surface area contributed by atoms with Crippen LogP contribution in [0.4, 0.5) is 0 Å². The van der Waals surface area contributed by atoms with E-state index in [4.69, 9.17) is 14.7 Å². The molecule has 2 fully saturated rings. The van der Waals surface area contributed by atoms with Gasteiger partial charge in [-0.2, -0.15) is 9.57 Å². The molecule has 0 saturated carbocycles. The summed E-state index contributed by atoms with van der Waals surface area (Å²) in [6, 6.07) is 12.6. The summed E-state index contributed by atoms with van der Waals surface area (Å²) in [7, 11) is -4.18. The van der Waals surface area contributed by atoms with Crippen molar-refractivity contribution in [3.63, 3.8) is 0 Å². The second-order valence-electron chi connectivity index (χ2n) is 8.77. The quantitative estimate of drug-likeness (QED) is 0.495. The lowest BCUT2D eigenvalue weighted by atomic mass is 10.2. The van der Waals surface area contributed by atoms with Gasteiger partial charge in [-0.1, -0.05) is 0 Å². The maximum Gasteiger partial charge on any atom is 0.243 e. The normalized spacial score (nSPS) is 20.9. The highest BCUT2D eigenvalue weighted by molar-refractivity contribution is 7.91. The summed E-state index contributed by atoms with van der Waals surface area (Å²) in [6.07, 6.45) is 2.22. The zero-order chi connectivity index (χ0) is 25.2. The van der Waals surface area contributed by atoms with Crippen molar-refractivity contribution in [2.45, 2.75) is 41.1 Å². The van der Waals surface area contributed by atoms with Crippen LogP contribution in [0.15, 0.2) is 52.3 Å². The van der Waals surface area contributed by atoms with Crippen LogP contribution < -0.4 is 9.47 Å². The molecule has 0 N–H and O–H groups in total. The van der Waals surface area contributed by atoms with Crippen LogP contribution in [-0.4, -0.2) is 77.7 Å². The number of rotatable bonds is 9. The second-order valence-corrected chi connectivity index (χ2v) is 12.8. The van der Waals surface area contributed by atoms with Gasteiger partial charge in [0.05, 0.1) is 41.4 Å². The minimum atomic E-state index is -3.70. The molecule has 2 aliphatic heterocycles. The van der Waals surface area contributed by atoms with Crippen LogP contribution in [-0.2, 0) is 19.9 Å². The van der Waals surface area contributed by atoms with E-state index < -0.39 is 19.9 Å². The summed E-state index contributed by atoms with van der Waals surface area (Å²) in [5.74, 6) is 0.827. The van der Waals surface area contributed by atoms with Crippen LogP contribution in [0.2, 0.25) is 0 Å². The number of sulfone groups is 1. The number of nitriles is 1. The molecule has 2 aliphatic rings. The fraction of sp³-hybridized carbons (Fsp3) is 0.458. The highest BCUT2D eigenvalue weighted by atomic mass is 32.2. The van der Waals surface area contributed by atoms with E-state index in [1.165, 1.54) is 54.9 Å². The molecule has 0 radical (unpaired) electrons. The Kier molecular flexibility index (Phi) is 7.38. The summed E-state index contributed by atoms with van der Waals surface area (Å²) >= 11 is 0. The Hall–Kier alpha value is -2.65. The largest absolute Gasteiger partial charge is 0.493 e. The highest BCUT2D eigenvalue weighted by Gasteiger charge is 2.43. The molecule has 2 saturated heterocycles. The molecule has 0 amide bonds. The lowest BCUT2D eigenvalue weighted by molar-refractivity contribution is 0.110. The molecule has 35 heavy (non-hydrogen) atoms. The van der Waals surface area contributed by atoms with Gasteiger partial charge in [-0.25, -0.2) is 16.8 Å². The molecular formula is C24H29N3O6S2. The van der Waals surface area contributed by atoms with Crippen molar-refractivity contribution < 1.29 is 26.3 Å². The lowest BCUT2D eigenvalue weighted by Gasteiger charge is -2.40. The van der Waals surface area contributed by atoms with Crippen molar-refractivity contribution in [2.75, 3.05) is 39.6 Å². The van der Waals surface area contributed by atoms with Crippen molar-refractivity contribution >= 4 is 19.9 Å². The van der Waals surface area contributed by atoms with Gasteiger partial charge in [0.15, 0.2) is 21.3 Å². The molecule has 2 aromatic carbocycles. The predicted molar refractivity (Wildman–Crippen MR) is 130 cm³/mol. The maximum atomic E-state index is 13.3. The van der Waals surface area contributed by atoms with Gasteiger partial charge in [0, 0.05) is 31.2 Å². The number of piperazine rings is 1. The third-order valence-corrected chi connectivity index (χ3v) is 10.4. The molecule has 2 atom stereocenters. The van der Waals surface area contributed by atoms with E-state index in [1.54, 1.807) is 6.07 Å². The maximum absolute atomic E-state index is 13.3. The van der Waals surface area contributed by atoms with Gasteiger partial charge in [-0.15, -0.1) is 0 Å². The number of methoxy groups -OCH3 is 2. The Morgan fingerprint density at radius 1 is 0.914 bits per heavy atom. The first-order chi connectivity index (χ1) is 16.7. The summed E-state index contributed by atoms with van der Waals surface area (Å²) in [5, 5.41) is 8.89. The smallest absolute Gasteiger partial charge is 0.243 e. The highest BCUT2D eigenvalue weighted by Crippen LogP contribution is 2.35. The van der Waals surface area contributed by atoms with Crippen LogP contribution in [0, 0.1) is 11.3 Å². The first-order valence-electron chi connectivity index (χ1n) is 11.4. The molecule has 11 heteroatoms. The summed E-state index contributed by atoms with van der Waals surface area (Å²) in [6.45, 7) is 1.33. The van der Waals surface area contributed by atoms with Gasteiger partial charge in [0.2, 0.25) is 10.0 Å². The number of benzene rings is 2. The van der Waals surface area contributed by atoms with E-state index >= 15 is 0 Å². The number of hydrogen-bond donors (Lipinski definition) is 0. The van der Waals surface area contributed by atoms with Crippen molar-refractivity contribution in [1.29, 1.82) is 5.26 Å². The number of ether oxygens (including phenoxy) is 2. The van der Waals surface area contributed by atoms with Crippen molar-refractivity contribution in [3.05, 3.63) is 48.0 Å². The lowest BCUT2D eigenvalue weighted by Crippen LogP contribution is -2.55. The average Bonchev–Trinajstić information content (AvgIpc) is 3.09. The van der Waals surface area contributed by atoms with Crippen LogP contribution in [0.25, 0.3) is 0 Å². The zero-order valence-electron chi connectivity index (χ0n) is 19.8. The third-order valence-electron chi connectivity index (χ3n) is 6.76. The minimum absolute atomic E-state index is 0.00248. The Balaban J connectivity index is 1.39. The van der Waals surface area contributed by atoms with Gasteiger partial charge in [0.1, 0.15) is 0 Å². The van der Waals surface area contributed by atoms with Crippen LogP contribution in [0.1, 0.15) is 24.8 Å². The van der Waals surface area contributed by atoms with Crippen LogP contribution in [0.3, 0.4) is 0 Å². The molecule has 2 unspecified atom stereocenters. The molecule has 0 aromatic heterocycles. The number of fused-ring (bicyclic) bond motifs is 2. The zero-order valence-corrected chi connectivity index (χ0v) is 21.4. The Labute approximate surface area is 206 Å². The number of sulfonamides is 1. The Morgan fingerprint density at radius 3 is 2.09 bits per heavy atom. The van der Waals surface area contributed by atoms with Gasteiger partial charge in [-0.05, 0) is 62.2 Å². The van der Waals surface area contributed by atoms with Gasteiger partial charge in [-0.3, -0.25) is 4.90 Å². The summed E-state index contributed by atoms with van der Waals surface area (Å²) in [4.78, 5) is 2.64. The molecule has 2 heterocycles. The van der Waals surface area contributed by atoms with E-state index in [-0.39, 0.29) is 27.6 Å². The minimum Gasteiger partial charge on any atom is -0.493 e. The monoisotopic (exact) mass is 519 g/mol.